The second-order valence-corrected chi connectivity index (χ2v) is 6.20. The summed E-state index contributed by atoms with van der Waals surface area (Å²) >= 11 is 0. The zero-order chi connectivity index (χ0) is 14.9. The molecule has 3 nitrogen and oxygen atoms in total. The Morgan fingerprint density at radius 1 is 1.24 bits per heavy atom. The number of likely N-dealkylation sites (N-methyl/N-ethyl adjacent to an activating group) is 1. The van der Waals surface area contributed by atoms with Gasteiger partial charge < -0.3 is 15.3 Å². The van der Waals surface area contributed by atoms with Gasteiger partial charge in [-0.3, -0.25) is 0 Å². The van der Waals surface area contributed by atoms with Crippen molar-refractivity contribution in [2.45, 2.75) is 38.6 Å². The van der Waals surface area contributed by atoms with Crippen molar-refractivity contribution in [1.82, 2.24) is 10.2 Å². The number of hydrogen-bond acceptors (Lipinski definition) is 3. The van der Waals surface area contributed by atoms with Gasteiger partial charge in [-0.05, 0) is 63.3 Å². The topological polar surface area (TPSA) is 35.5 Å². The molecule has 0 saturated carbocycles. The van der Waals surface area contributed by atoms with E-state index in [2.05, 4.69) is 47.5 Å². The lowest BCUT2D eigenvalue weighted by atomic mass is 9.90. The number of nitrogens with one attached hydrogen (secondary N) is 1. The van der Waals surface area contributed by atoms with Gasteiger partial charge in [-0.2, -0.15) is 0 Å². The Morgan fingerprint density at radius 3 is 2.57 bits per heavy atom. The fraction of sp³-hybridized carbons (Fsp3) is 0.667. The maximum Gasteiger partial charge on any atom is 0.0585 e. The van der Waals surface area contributed by atoms with Crippen molar-refractivity contribution in [1.29, 1.82) is 0 Å². The zero-order valence-corrected chi connectivity index (χ0v) is 13.3. The third-order valence-electron chi connectivity index (χ3n) is 4.58. The molecule has 1 aliphatic heterocycles. The Morgan fingerprint density at radius 2 is 1.95 bits per heavy atom. The van der Waals surface area contributed by atoms with Crippen molar-refractivity contribution in [2.75, 3.05) is 32.8 Å². The number of benzene rings is 1. The Labute approximate surface area is 129 Å². The number of aliphatic hydroxyl groups excluding tert-OH is 1. The summed E-state index contributed by atoms with van der Waals surface area (Å²) in [6, 6.07) is 11.1. The highest BCUT2D eigenvalue weighted by Crippen LogP contribution is 2.21. The molecule has 1 aliphatic rings. The van der Waals surface area contributed by atoms with E-state index < -0.39 is 0 Å². The van der Waals surface area contributed by atoms with Crippen LogP contribution in [0.2, 0.25) is 0 Å². The molecule has 1 saturated heterocycles. The average molecular weight is 290 g/mol. The molecular weight excluding hydrogens is 260 g/mol. The maximum atomic E-state index is 9.31. The van der Waals surface area contributed by atoms with Gasteiger partial charge in [-0.15, -0.1) is 0 Å². The van der Waals surface area contributed by atoms with Gasteiger partial charge in [0.1, 0.15) is 0 Å². The van der Waals surface area contributed by atoms with Crippen LogP contribution in [0.4, 0.5) is 0 Å². The van der Waals surface area contributed by atoms with E-state index in [1.165, 1.54) is 37.9 Å². The number of hydrogen-bond donors (Lipinski definition) is 2. The number of nitrogens with zero attached hydrogens (tertiary/aromatic N) is 1. The molecule has 1 atom stereocenters. The normalized spacial score (nSPS) is 18.8. The van der Waals surface area contributed by atoms with Gasteiger partial charge in [0.25, 0.3) is 0 Å². The van der Waals surface area contributed by atoms with Gasteiger partial charge in [-0.25, -0.2) is 0 Å². The summed E-state index contributed by atoms with van der Waals surface area (Å²) in [6.45, 7) is 6.81. The predicted molar refractivity (Wildman–Crippen MR) is 88.5 cm³/mol. The minimum absolute atomic E-state index is 0.248. The molecule has 0 bridgehead atoms. The van der Waals surface area contributed by atoms with Crippen molar-refractivity contribution < 1.29 is 5.11 Å². The van der Waals surface area contributed by atoms with Crippen LogP contribution in [0.1, 0.15) is 31.7 Å². The summed E-state index contributed by atoms with van der Waals surface area (Å²) in [6.07, 6.45) is 4.89. The molecule has 1 aromatic rings. The van der Waals surface area contributed by atoms with Crippen LogP contribution in [0, 0.1) is 5.92 Å². The number of likely N-dealkylation sites (tertiary alicyclic amines) is 1. The number of piperidine rings is 1. The summed E-state index contributed by atoms with van der Waals surface area (Å²) in [7, 11) is 0. The Kier molecular flexibility index (Phi) is 7.20. The lowest BCUT2D eigenvalue weighted by molar-refractivity contribution is 0.163. The van der Waals surface area contributed by atoms with Crippen LogP contribution in [0.3, 0.4) is 0 Å². The largest absolute Gasteiger partial charge is 0.395 e. The molecule has 1 fully saturated rings. The monoisotopic (exact) mass is 290 g/mol. The molecule has 118 valence electrons. The second-order valence-electron chi connectivity index (χ2n) is 6.20. The van der Waals surface area contributed by atoms with Crippen molar-refractivity contribution in [3.8, 4) is 0 Å². The molecule has 0 spiro atoms. The van der Waals surface area contributed by atoms with E-state index in [0.29, 0.717) is 0 Å². The molecule has 0 radical (unpaired) electrons. The first kappa shape index (κ1) is 16.5. The van der Waals surface area contributed by atoms with E-state index in [1.54, 1.807) is 0 Å². The predicted octanol–water partition coefficient (Wildman–Crippen LogP) is 2.30. The van der Waals surface area contributed by atoms with Crippen LogP contribution in [-0.2, 0) is 6.42 Å². The fourth-order valence-electron chi connectivity index (χ4n) is 3.25. The van der Waals surface area contributed by atoms with Gasteiger partial charge in [0.2, 0.25) is 0 Å². The number of aliphatic hydroxyl groups is 1. The highest BCUT2D eigenvalue weighted by Gasteiger charge is 2.19. The van der Waals surface area contributed by atoms with Gasteiger partial charge in [-0.1, -0.05) is 37.3 Å². The van der Waals surface area contributed by atoms with E-state index in [1.807, 2.05) is 0 Å². The standard InChI is InChI=1S/C18H30N2O/c1-2-19-18(15-21)10-13-20-11-8-17(9-12-20)14-16-6-4-3-5-7-16/h3-7,17-19,21H,2,8-15H2,1H3. The molecular formula is C18H30N2O. The van der Waals surface area contributed by atoms with E-state index in [9.17, 15) is 5.11 Å². The minimum atomic E-state index is 0.248. The summed E-state index contributed by atoms with van der Waals surface area (Å²) in [4.78, 5) is 2.56. The molecule has 3 heteroatoms. The van der Waals surface area contributed by atoms with Crippen molar-refractivity contribution in [2.24, 2.45) is 5.92 Å². The molecule has 0 amide bonds. The number of rotatable bonds is 8. The lowest BCUT2D eigenvalue weighted by Crippen LogP contribution is -2.40. The van der Waals surface area contributed by atoms with E-state index in [4.69, 9.17) is 0 Å². The fourth-order valence-corrected chi connectivity index (χ4v) is 3.25. The molecule has 21 heavy (non-hydrogen) atoms. The highest BCUT2D eigenvalue weighted by atomic mass is 16.3. The van der Waals surface area contributed by atoms with E-state index in [-0.39, 0.29) is 12.6 Å². The first-order valence-corrected chi connectivity index (χ1v) is 8.42. The first-order valence-electron chi connectivity index (χ1n) is 8.42. The van der Waals surface area contributed by atoms with Crippen molar-refractivity contribution >= 4 is 0 Å². The van der Waals surface area contributed by atoms with Crippen LogP contribution in [-0.4, -0.2) is 48.8 Å². The summed E-state index contributed by atoms with van der Waals surface area (Å²) in [5, 5.41) is 12.6. The highest BCUT2D eigenvalue weighted by molar-refractivity contribution is 5.15. The summed E-state index contributed by atoms with van der Waals surface area (Å²) < 4.78 is 0. The lowest BCUT2D eigenvalue weighted by Gasteiger charge is -2.32. The molecule has 1 heterocycles. The quantitative estimate of drug-likeness (QED) is 0.771. The third kappa shape index (κ3) is 5.77. The van der Waals surface area contributed by atoms with Crippen molar-refractivity contribution in [3.05, 3.63) is 35.9 Å². The van der Waals surface area contributed by atoms with Crippen LogP contribution in [0.25, 0.3) is 0 Å². The van der Waals surface area contributed by atoms with Gasteiger partial charge >= 0.3 is 0 Å². The average Bonchev–Trinajstić information content (AvgIpc) is 2.54. The molecule has 2 N–H and O–H groups in total. The van der Waals surface area contributed by atoms with Crippen LogP contribution in [0.5, 0.6) is 0 Å². The zero-order valence-electron chi connectivity index (χ0n) is 13.3. The molecule has 0 aliphatic carbocycles. The Balaban J connectivity index is 1.66. The van der Waals surface area contributed by atoms with Gasteiger partial charge in [0.15, 0.2) is 0 Å². The third-order valence-corrected chi connectivity index (χ3v) is 4.58. The minimum Gasteiger partial charge on any atom is -0.395 e. The Hall–Kier alpha value is -0.900. The molecule has 2 rings (SSSR count). The maximum absolute atomic E-state index is 9.31. The first-order chi connectivity index (χ1) is 10.3. The summed E-state index contributed by atoms with van der Waals surface area (Å²) in [5.74, 6) is 0.839. The van der Waals surface area contributed by atoms with Crippen LogP contribution in [0.15, 0.2) is 30.3 Å². The van der Waals surface area contributed by atoms with Crippen molar-refractivity contribution in [3.63, 3.8) is 0 Å². The molecule has 0 aromatic heterocycles. The molecule has 1 aromatic carbocycles. The molecule has 1 unspecified atom stereocenters. The SMILES string of the molecule is CCNC(CO)CCN1CCC(Cc2ccccc2)CC1. The Bertz CT molecular complexity index is 374. The van der Waals surface area contributed by atoms with E-state index >= 15 is 0 Å². The smallest absolute Gasteiger partial charge is 0.0585 e. The van der Waals surface area contributed by atoms with Crippen LogP contribution < -0.4 is 5.32 Å². The summed E-state index contributed by atoms with van der Waals surface area (Å²) in [5.41, 5.74) is 1.48. The van der Waals surface area contributed by atoms with Crippen LogP contribution >= 0.6 is 0 Å². The van der Waals surface area contributed by atoms with E-state index in [0.717, 1.165) is 25.4 Å². The van der Waals surface area contributed by atoms with Gasteiger partial charge in [0, 0.05) is 6.04 Å². The second kappa shape index (κ2) is 9.19. The van der Waals surface area contributed by atoms with Gasteiger partial charge in [0.05, 0.1) is 6.61 Å².